The third-order valence-corrected chi connectivity index (χ3v) is 2.98. The second kappa shape index (κ2) is 6.06. The largest absolute Gasteiger partial charge is 0.399 e. The Morgan fingerprint density at radius 3 is 2.65 bits per heavy atom. The van der Waals surface area contributed by atoms with Crippen molar-refractivity contribution >= 4 is 17.3 Å². The monoisotopic (exact) mass is 273 g/mol. The van der Waals surface area contributed by atoms with E-state index >= 15 is 0 Å². The van der Waals surface area contributed by atoms with Crippen LogP contribution in [0.1, 0.15) is 15.9 Å². The van der Waals surface area contributed by atoms with Crippen LogP contribution in [0.15, 0.2) is 42.5 Å². The molecule has 20 heavy (non-hydrogen) atoms. The Morgan fingerprint density at radius 1 is 1.20 bits per heavy atom. The topological polar surface area (TPSA) is 81.1 Å². The molecule has 0 aliphatic rings. The van der Waals surface area contributed by atoms with Crippen molar-refractivity contribution in [3.05, 3.63) is 59.4 Å². The molecule has 0 bridgehead atoms. The van der Waals surface area contributed by atoms with Crippen LogP contribution in [0.5, 0.6) is 0 Å². The van der Waals surface area contributed by atoms with Crippen molar-refractivity contribution in [1.82, 2.24) is 0 Å². The summed E-state index contributed by atoms with van der Waals surface area (Å²) in [6, 6.07) is 11.4. The third-order valence-electron chi connectivity index (χ3n) is 2.98. The molecule has 1 amide bonds. The number of nitrogens with one attached hydrogen (secondary N) is 1. The van der Waals surface area contributed by atoms with Crippen LogP contribution < -0.4 is 16.8 Å². The number of rotatable bonds is 5. The van der Waals surface area contributed by atoms with Crippen LogP contribution in [0, 0.1) is 5.82 Å². The van der Waals surface area contributed by atoms with Gasteiger partial charge >= 0.3 is 0 Å². The highest BCUT2D eigenvalue weighted by molar-refractivity contribution is 5.99. The van der Waals surface area contributed by atoms with Gasteiger partial charge in [-0.1, -0.05) is 18.2 Å². The van der Waals surface area contributed by atoms with Gasteiger partial charge in [-0.05, 0) is 36.2 Å². The highest BCUT2D eigenvalue weighted by atomic mass is 19.1. The Bertz CT molecular complexity index is 628. The lowest BCUT2D eigenvalue weighted by molar-refractivity contribution is 0.100. The zero-order valence-electron chi connectivity index (χ0n) is 10.9. The molecule has 0 spiro atoms. The van der Waals surface area contributed by atoms with Crippen LogP contribution in [0.25, 0.3) is 0 Å². The first-order valence-corrected chi connectivity index (χ1v) is 6.24. The summed E-state index contributed by atoms with van der Waals surface area (Å²) < 4.78 is 13.5. The molecule has 0 fully saturated rings. The molecule has 5 heteroatoms. The van der Waals surface area contributed by atoms with E-state index in [-0.39, 0.29) is 5.82 Å². The normalized spacial score (nSPS) is 10.2. The molecule has 0 aromatic heterocycles. The van der Waals surface area contributed by atoms with Gasteiger partial charge in [-0.15, -0.1) is 0 Å². The van der Waals surface area contributed by atoms with Crippen molar-refractivity contribution in [1.29, 1.82) is 0 Å². The predicted octanol–water partition coefficient (Wildman–Crippen LogP) is 2.16. The van der Waals surface area contributed by atoms with Gasteiger partial charge in [0.2, 0.25) is 0 Å². The number of anilines is 2. The van der Waals surface area contributed by atoms with E-state index in [1.807, 2.05) is 0 Å². The van der Waals surface area contributed by atoms with Crippen molar-refractivity contribution in [3.63, 3.8) is 0 Å². The SMILES string of the molecule is NC(=O)c1ccc(N)cc1NCCc1ccccc1F. The van der Waals surface area contributed by atoms with Gasteiger partial charge < -0.3 is 16.8 Å². The fraction of sp³-hybridized carbons (Fsp3) is 0.133. The summed E-state index contributed by atoms with van der Waals surface area (Å²) in [6.07, 6.45) is 0.500. The number of nitrogens with two attached hydrogens (primary N) is 2. The fourth-order valence-electron chi connectivity index (χ4n) is 1.96. The van der Waals surface area contributed by atoms with Gasteiger partial charge in [0.15, 0.2) is 0 Å². The maximum atomic E-state index is 13.5. The number of halogens is 1. The molecule has 0 radical (unpaired) electrons. The Labute approximate surface area is 116 Å². The number of carbonyl (C=O) groups is 1. The van der Waals surface area contributed by atoms with E-state index in [0.717, 1.165) is 0 Å². The van der Waals surface area contributed by atoms with Crippen LogP contribution in [-0.2, 0) is 6.42 Å². The van der Waals surface area contributed by atoms with E-state index in [1.54, 1.807) is 36.4 Å². The van der Waals surface area contributed by atoms with Crippen LogP contribution in [0.4, 0.5) is 15.8 Å². The number of benzene rings is 2. The number of nitrogen functional groups attached to an aromatic ring is 1. The molecule has 2 aromatic carbocycles. The molecule has 0 aliphatic heterocycles. The predicted molar refractivity (Wildman–Crippen MR) is 78.0 cm³/mol. The lowest BCUT2D eigenvalue weighted by atomic mass is 10.1. The van der Waals surface area contributed by atoms with E-state index in [1.165, 1.54) is 6.07 Å². The zero-order valence-corrected chi connectivity index (χ0v) is 10.9. The third kappa shape index (κ3) is 3.26. The van der Waals surface area contributed by atoms with Gasteiger partial charge in [-0.25, -0.2) is 4.39 Å². The first-order chi connectivity index (χ1) is 9.58. The van der Waals surface area contributed by atoms with Crippen LogP contribution >= 0.6 is 0 Å². The molecule has 0 heterocycles. The highest BCUT2D eigenvalue weighted by Gasteiger charge is 2.08. The number of amides is 1. The summed E-state index contributed by atoms with van der Waals surface area (Å²) in [6.45, 7) is 0.477. The average Bonchev–Trinajstić information content (AvgIpc) is 2.41. The standard InChI is InChI=1S/C15H16FN3O/c16-13-4-2-1-3-10(13)7-8-19-14-9-11(17)5-6-12(14)15(18)20/h1-6,9,19H,7-8,17H2,(H2,18,20). The van der Waals surface area contributed by atoms with Crippen molar-refractivity contribution in [2.45, 2.75) is 6.42 Å². The number of carbonyl (C=O) groups excluding carboxylic acids is 1. The lowest BCUT2D eigenvalue weighted by Crippen LogP contribution is -2.16. The fourth-order valence-corrected chi connectivity index (χ4v) is 1.96. The lowest BCUT2D eigenvalue weighted by Gasteiger charge is -2.11. The quantitative estimate of drug-likeness (QED) is 0.730. The number of hydrogen-bond donors (Lipinski definition) is 3. The first-order valence-electron chi connectivity index (χ1n) is 6.24. The molecule has 0 atom stereocenters. The number of primary amides is 1. The maximum Gasteiger partial charge on any atom is 0.250 e. The molecule has 2 aromatic rings. The minimum Gasteiger partial charge on any atom is -0.399 e. The Morgan fingerprint density at radius 2 is 1.95 bits per heavy atom. The second-order valence-electron chi connectivity index (χ2n) is 4.44. The summed E-state index contributed by atoms with van der Waals surface area (Å²) in [5.41, 5.74) is 13.1. The summed E-state index contributed by atoms with van der Waals surface area (Å²) in [7, 11) is 0. The highest BCUT2D eigenvalue weighted by Crippen LogP contribution is 2.19. The minimum absolute atomic E-state index is 0.239. The smallest absolute Gasteiger partial charge is 0.250 e. The zero-order chi connectivity index (χ0) is 14.5. The number of hydrogen-bond acceptors (Lipinski definition) is 3. The molecule has 0 unspecified atom stereocenters. The Hall–Kier alpha value is -2.56. The molecule has 0 saturated carbocycles. The molecule has 104 valence electrons. The van der Waals surface area contributed by atoms with Crippen molar-refractivity contribution in [2.24, 2.45) is 5.73 Å². The first kappa shape index (κ1) is 13.9. The van der Waals surface area contributed by atoms with Gasteiger partial charge in [0.1, 0.15) is 5.82 Å². The summed E-state index contributed by atoms with van der Waals surface area (Å²) in [4.78, 5) is 11.3. The molecule has 4 nitrogen and oxygen atoms in total. The van der Waals surface area contributed by atoms with Crippen molar-refractivity contribution < 1.29 is 9.18 Å². The molecular weight excluding hydrogens is 257 g/mol. The average molecular weight is 273 g/mol. The summed E-state index contributed by atoms with van der Waals surface area (Å²) in [5.74, 6) is -0.768. The van der Waals surface area contributed by atoms with Gasteiger partial charge in [0.05, 0.1) is 5.56 Å². The van der Waals surface area contributed by atoms with Crippen molar-refractivity contribution in [2.75, 3.05) is 17.6 Å². The van der Waals surface area contributed by atoms with Crippen LogP contribution in [0.2, 0.25) is 0 Å². The Balaban J connectivity index is 2.06. The summed E-state index contributed by atoms with van der Waals surface area (Å²) >= 11 is 0. The van der Waals surface area contributed by atoms with E-state index in [0.29, 0.717) is 35.5 Å². The molecular formula is C15H16FN3O. The van der Waals surface area contributed by atoms with Gasteiger partial charge in [-0.2, -0.15) is 0 Å². The maximum absolute atomic E-state index is 13.5. The summed E-state index contributed by atoms with van der Waals surface area (Å²) in [5, 5.41) is 3.06. The van der Waals surface area contributed by atoms with E-state index in [9.17, 15) is 9.18 Å². The second-order valence-corrected chi connectivity index (χ2v) is 4.44. The van der Waals surface area contributed by atoms with Gasteiger partial charge in [0.25, 0.3) is 5.91 Å². The van der Waals surface area contributed by atoms with E-state index in [4.69, 9.17) is 11.5 Å². The van der Waals surface area contributed by atoms with Gasteiger partial charge in [-0.3, -0.25) is 4.79 Å². The van der Waals surface area contributed by atoms with Crippen LogP contribution in [0.3, 0.4) is 0 Å². The van der Waals surface area contributed by atoms with Gasteiger partial charge in [0, 0.05) is 17.9 Å². The van der Waals surface area contributed by atoms with E-state index in [2.05, 4.69) is 5.32 Å². The molecule has 0 saturated heterocycles. The molecule has 5 N–H and O–H groups in total. The molecule has 0 aliphatic carbocycles. The van der Waals surface area contributed by atoms with Crippen LogP contribution in [-0.4, -0.2) is 12.5 Å². The van der Waals surface area contributed by atoms with Crippen molar-refractivity contribution in [3.8, 4) is 0 Å². The molecule has 2 rings (SSSR count). The Kier molecular flexibility index (Phi) is 4.20. The minimum atomic E-state index is -0.529. The van der Waals surface area contributed by atoms with E-state index < -0.39 is 5.91 Å².